The van der Waals surface area contributed by atoms with E-state index in [2.05, 4.69) is 17.1 Å². The van der Waals surface area contributed by atoms with E-state index >= 15 is 0 Å². The van der Waals surface area contributed by atoms with Crippen LogP contribution in [0, 0.1) is 5.41 Å². The number of oxime groups is 1. The Kier molecular flexibility index (Phi) is 5.19. The number of aliphatic carboxylic acids is 1. The number of β-lactam (4-membered cyclic amide) rings is 1. The smallest absolute Gasteiger partial charge is 0.316 e. The molecule has 0 bridgehead atoms. The molecule has 11 heteroatoms. The van der Waals surface area contributed by atoms with Crippen LogP contribution in [0.4, 0.5) is 0 Å². The van der Waals surface area contributed by atoms with Crippen LogP contribution in [0.25, 0.3) is 0 Å². The molecule has 2 unspecified atom stereocenters. The SMILES string of the molecule is C=CC1(C(=O)O)CS[C@@H]2C(NC(=O)C(=NO)C(=O)CCl)C(=O)N2C1. The Bertz CT molecular complexity index is 654. The summed E-state index contributed by atoms with van der Waals surface area (Å²) < 4.78 is 0. The number of rotatable bonds is 6. The number of Topliss-reactive ketones (excluding diaryl/α,β-unsaturated/α-hetero) is 1. The third kappa shape index (κ3) is 2.86. The number of hydrogen-bond acceptors (Lipinski definition) is 7. The molecule has 2 saturated heterocycles. The Labute approximate surface area is 145 Å². The number of carbonyl (C=O) groups is 4. The summed E-state index contributed by atoms with van der Waals surface area (Å²) in [5.41, 5.74) is -2.03. The van der Waals surface area contributed by atoms with Crippen molar-refractivity contribution in [2.45, 2.75) is 11.4 Å². The summed E-state index contributed by atoms with van der Waals surface area (Å²) >= 11 is 6.49. The van der Waals surface area contributed by atoms with Crippen LogP contribution in [0.5, 0.6) is 0 Å². The number of carboxylic acid groups (broad SMARTS) is 1. The second-order valence-corrected chi connectivity index (χ2v) is 6.66. The Morgan fingerprint density at radius 1 is 1.54 bits per heavy atom. The highest BCUT2D eigenvalue weighted by Crippen LogP contribution is 2.42. The molecule has 0 spiro atoms. The van der Waals surface area contributed by atoms with Crippen LogP contribution >= 0.6 is 23.4 Å². The van der Waals surface area contributed by atoms with E-state index in [1.54, 1.807) is 0 Å². The summed E-state index contributed by atoms with van der Waals surface area (Å²) in [5.74, 6) is -3.81. The number of thioether (sulfide) groups is 1. The van der Waals surface area contributed by atoms with E-state index in [9.17, 15) is 24.3 Å². The van der Waals surface area contributed by atoms with Gasteiger partial charge in [-0.1, -0.05) is 11.2 Å². The number of carboxylic acids is 1. The van der Waals surface area contributed by atoms with Gasteiger partial charge in [0, 0.05) is 12.3 Å². The van der Waals surface area contributed by atoms with Crippen molar-refractivity contribution in [3.05, 3.63) is 12.7 Å². The van der Waals surface area contributed by atoms with Gasteiger partial charge in [0.15, 0.2) is 0 Å². The highest BCUT2D eigenvalue weighted by Gasteiger charge is 2.56. The largest absolute Gasteiger partial charge is 0.481 e. The van der Waals surface area contributed by atoms with Crippen LogP contribution in [-0.2, 0) is 19.2 Å². The minimum atomic E-state index is -1.24. The van der Waals surface area contributed by atoms with Gasteiger partial charge in [0.05, 0.1) is 5.88 Å². The van der Waals surface area contributed by atoms with E-state index in [1.165, 1.54) is 22.7 Å². The Balaban J connectivity index is 2.07. The van der Waals surface area contributed by atoms with Gasteiger partial charge in [-0.3, -0.25) is 19.2 Å². The quantitative estimate of drug-likeness (QED) is 0.106. The lowest BCUT2D eigenvalue weighted by molar-refractivity contribution is -0.156. The maximum atomic E-state index is 12.2. The number of halogens is 1. The van der Waals surface area contributed by atoms with Crippen LogP contribution < -0.4 is 5.32 Å². The summed E-state index contributed by atoms with van der Waals surface area (Å²) in [6.45, 7) is 3.48. The van der Waals surface area contributed by atoms with Gasteiger partial charge in [-0.05, 0) is 0 Å². The molecule has 0 aromatic carbocycles. The number of nitrogens with one attached hydrogen (secondary N) is 1. The number of amides is 2. The van der Waals surface area contributed by atoms with Gasteiger partial charge in [-0.15, -0.1) is 29.9 Å². The predicted octanol–water partition coefficient (Wildman–Crippen LogP) is -0.719. The number of fused-ring (bicyclic) bond motifs is 1. The summed E-state index contributed by atoms with van der Waals surface area (Å²) in [6, 6.07) is -0.931. The van der Waals surface area contributed by atoms with Gasteiger partial charge in [0.2, 0.25) is 17.4 Å². The maximum absolute atomic E-state index is 12.2. The topological polar surface area (TPSA) is 136 Å². The summed E-state index contributed by atoms with van der Waals surface area (Å²) in [6.07, 6.45) is 1.30. The zero-order chi connectivity index (χ0) is 18.1. The van der Waals surface area contributed by atoms with Crippen molar-refractivity contribution in [3.8, 4) is 0 Å². The van der Waals surface area contributed by atoms with Crippen LogP contribution in [0.15, 0.2) is 17.8 Å². The maximum Gasteiger partial charge on any atom is 0.316 e. The summed E-state index contributed by atoms with van der Waals surface area (Å²) in [5, 5.41) is 22.5. The summed E-state index contributed by atoms with van der Waals surface area (Å²) in [7, 11) is 0. The van der Waals surface area contributed by atoms with E-state index in [0.29, 0.717) is 0 Å². The molecule has 0 aromatic rings. The van der Waals surface area contributed by atoms with E-state index in [4.69, 9.17) is 16.8 Å². The molecule has 2 amide bonds. The first kappa shape index (κ1) is 18.3. The van der Waals surface area contributed by atoms with Gasteiger partial charge in [-0.25, -0.2) is 0 Å². The monoisotopic (exact) mass is 375 g/mol. The fraction of sp³-hybridized carbons (Fsp3) is 0.462. The van der Waals surface area contributed by atoms with Crippen LogP contribution in [0.1, 0.15) is 0 Å². The molecular weight excluding hydrogens is 362 g/mol. The Hall–Kier alpha value is -2.07. The number of ketones is 1. The van der Waals surface area contributed by atoms with Crippen molar-refractivity contribution in [1.29, 1.82) is 0 Å². The average Bonchev–Trinajstić information content (AvgIpc) is 2.58. The zero-order valence-corrected chi connectivity index (χ0v) is 13.8. The number of alkyl halides is 1. The molecule has 0 aromatic heterocycles. The molecule has 2 aliphatic heterocycles. The van der Waals surface area contributed by atoms with E-state index in [1.807, 2.05) is 0 Å². The van der Waals surface area contributed by atoms with Crippen molar-refractivity contribution in [3.63, 3.8) is 0 Å². The second-order valence-electron chi connectivity index (χ2n) is 5.29. The molecule has 3 N–H and O–H groups in total. The van der Waals surface area contributed by atoms with Gasteiger partial charge >= 0.3 is 5.97 Å². The molecule has 24 heavy (non-hydrogen) atoms. The van der Waals surface area contributed by atoms with Gasteiger partial charge < -0.3 is 20.5 Å². The lowest BCUT2D eigenvalue weighted by Gasteiger charge is -2.53. The predicted molar refractivity (Wildman–Crippen MR) is 85.1 cm³/mol. The van der Waals surface area contributed by atoms with Crippen molar-refractivity contribution in [2.24, 2.45) is 10.6 Å². The lowest BCUT2D eigenvalue weighted by Crippen LogP contribution is -2.74. The molecule has 3 atom stereocenters. The molecule has 0 radical (unpaired) electrons. The molecule has 2 heterocycles. The minimum absolute atomic E-state index is 0.0454. The molecule has 0 saturated carbocycles. The van der Waals surface area contributed by atoms with Gasteiger partial charge in [0.25, 0.3) is 5.91 Å². The molecule has 0 aliphatic carbocycles. The molecular formula is C13H14ClN3O6S. The molecule has 2 aliphatic rings. The molecule has 130 valence electrons. The second kappa shape index (κ2) is 6.81. The molecule has 2 rings (SSSR count). The van der Waals surface area contributed by atoms with E-state index in [-0.39, 0.29) is 12.3 Å². The van der Waals surface area contributed by atoms with E-state index in [0.717, 1.165) is 0 Å². The van der Waals surface area contributed by atoms with Gasteiger partial charge in [0.1, 0.15) is 16.8 Å². The highest BCUT2D eigenvalue weighted by molar-refractivity contribution is 8.00. The average molecular weight is 376 g/mol. The fourth-order valence-electron chi connectivity index (χ4n) is 2.44. The number of carbonyl (C=O) groups excluding carboxylic acids is 3. The van der Waals surface area contributed by atoms with Crippen LogP contribution in [-0.4, -0.2) is 74.1 Å². The van der Waals surface area contributed by atoms with E-state index < -0.39 is 52.0 Å². The Morgan fingerprint density at radius 3 is 2.71 bits per heavy atom. The number of nitrogens with zero attached hydrogens (tertiary/aromatic N) is 2. The third-order valence-electron chi connectivity index (χ3n) is 3.91. The standard InChI is InChI=1S/C13H14ClN3O6S/c1-2-13(12(21)22)4-17-10(20)8(11(17)24-5-13)15-9(19)7(16-23)6(18)3-14/h2,8,11,23H,1,3-5H2,(H,15,19)(H,21,22)/t8?,11-,13?/m1/s1. The third-order valence-corrected chi connectivity index (χ3v) is 5.70. The van der Waals surface area contributed by atoms with Gasteiger partial charge in [-0.2, -0.15) is 0 Å². The van der Waals surface area contributed by atoms with Crippen molar-refractivity contribution >= 4 is 52.6 Å². The molecule has 2 fully saturated rings. The van der Waals surface area contributed by atoms with Crippen molar-refractivity contribution < 1.29 is 29.5 Å². The highest BCUT2D eigenvalue weighted by atomic mass is 35.5. The number of hydrogen-bond donors (Lipinski definition) is 3. The zero-order valence-electron chi connectivity index (χ0n) is 12.3. The fourth-order valence-corrected chi connectivity index (χ4v) is 4.10. The first-order valence-electron chi connectivity index (χ1n) is 6.72. The van der Waals surface area contributed by atoms with Crippen molar-refractivity contribution in [1.82, 2.24) is 10.2 Å². The van der Waals surface area contributed by atoms with Crippen LogP contribution in [0.3, 0.4) is 0 Å². The van der Waals surface area contributed by atoms with Crippen LogP contribution in [0.2, 0.25) is 0 Å². The first-order chi connectivity index (χ1) is 11.3. The minimum Gasteiger partial charge on any atom is -0.481 e. The molecule has 9 nitrogen and oxygen atoms in total. The summed E-state index contributed by atoms with van der Waals surface area (Å²) in [4.78, 5) is 48.2. The lowest BCUT2D eigenvalue weighted by atomic mass is 9.87. The normalized spacial score (nSPS) is 29.3. The first-order valence-corrected chi connectivity index (χ1v) is 8.30. The Morgan fingerprint density at radius 2 is 2.21 bits per heavy atom. The van der Waals surface area contributed by atoms with Crippen molar-refractivity contribution in [2.75, 3.05) is 18.2 Å².